The molecule has 1 aromatic carbocycles. The minimum Gasteiger partial charge on any atom is -0.382 e. The number of hydrogen-bond donors (Lipinski definition) is 2. The van der Waals surface area contributed by atoms with E-state index in [9.17, 15) is 4.79 Å². The summed E-state index contributed by atoms with van der Waals surface area (Å²) in [4.78, 5) is 21.3. The summed E-state index contributed by atoms with van der Waals surface area (Å²) >= 11 is 0. The summed E-state index contributed by atoms with van der Waals surface area (Å²) in [5.41, 5.74) is 8.43. The van der Waals surface area contributed by atoms with E-state index in [1.54, 1.807) is 15.3 Å². The van der Waals surface area contributed by atoms with E-state index >= 15 is 0 Å². The van der Waals surface area contributed by atoms with Crippen LogP contribution in [-0.2, 0) is 0 Å². The van der Waals surface area contributed by atoms with Crippen molar-refractivity contribution in [2.45, 2.75) is 19.9 Å². The molecule has 0 aliphatic carbocycles. The van der Waals surface area contributed by atoms with E-state index in [1.807, 2.05) is 32.0 Å². The first kappa shape index (κ1) is 13.5. The third-order valence-corrected chi connectivity index (χ3v) is 3.90. The van der Waals surface area contributed by atoms with Gasteiger partial charge >= 0.3 is 5.69 Å². The molecule has 8 nitrogen and oxygen atoms in total. The maximum Gasteiger partial charge on any atom is 0.335 e. The van der Waals surface area contributed by atoms with Gasteiger partial charge in [0, 0.05) is 11.4 Å². The number of anilines is 1. The SMILES string of the molecule is CC(C)n1c(=O)n(-c2cccc3[nH]ncc23)c2c(N)ncnc21. The molecule has 4 rings (SSSR count). The van der Waals surface area contributed by atoms with Gasteiger partial charge in [-0.25, -0.2) is 14.8 Å². The molecule has 23 heavy (non-hydrogen) atoms. The third kappa shape index (κ3) is 1.78. The Hall–Kier alpha value is -3.16. The van der Waals surface area contributed by atoms with Crippen molar-refractivity contribution in [1.82, 2.24) is 29.3 Å². The highest BCUT2D eigenvalue weighted by Crippen LogP contribution is 2.26. The Balaban J connectivity index is 2.22. The first-order valence-electron chi connectivity index (χ1n) is 7.25. The molecule has 0 saturated heterocycles. The Kier molecular flexibility index (Phi) is 2.74. The van der Waals surface area contributed by atoms with Crippen molar-refractivity contribution in [2.75, 3.05) is 5.73 Å². The fourth-order valence-corrected chi connectivity index (χ4v) is 2.90. The van der Waals surface area contributed by atoms with Crippen LogP contribution in [0.25, 0.3) is 27.8 Å². The number of fused-ring (bicyclic) bond motifs is 2. The van der Waals surface area contributed by atoms with Crippen molar-refractivity contribution in [3.8, 4) is 5.69 Å². The molecule has 0 aliphatic rings. The van der Waals surface area contributed by atoms with Crippen LogP contribution in [0.3, 0.4) is 0 Å². The molecule has 3 N–H and O–H groups in total. The first-order chi connectivity index (χ1) is 11.1. The normalized spacial score (nSPS) is 11.8. The van der Waals surface area contributed by atoms with E-state index in [-0.39, 0.29) is 17.5 Å². The lowest BCUT2D eigenvalue weighted by molar-refractivity contribution is 0.586. The zero-order valence-corrected chi connectivity index (χ0v) is 12.7. The average Bonchev–Trinajstić information content (AvgIpc) is 3.09. The van der Waals surface area contributed by atoms with Gasteiger partial charge in [0.25, 0.3) is 0 Å². The number of aromatic nitrogens is 6. The number of nitrogens with two attached hydrogens (primary N) is 1. The second kappa shape index (κ2) is 4.67. The van der Waals surface area contributed by atoms with Crippen molar-refractivity contribution >= 4 is 27.9 Å². The quantitative estimate of drug-likeness (QED) is 0.585. The highest BCUT2D eigenvalue weighted by Gasteiger charge is 2.21. The number of nitrogens with zero attached hydrogens (tertiary/aromatic N) is 5. The summed E-state index contributed by atoms with van der Waals surface area (Å²) in [5, 5.41) is 7.79. The van der Waals surface area contributed by atoms with Crippen molar-refractivity contribution < 1.29 is 0 Å². The predicted molar refractivity (Wildman–Crippen MR) is 87.6 cm³/mol. The summed E-state index contributed by atoms with van der Waals surface area (Å²) in [7, 11) is 0. The Labute approximate surface area is 130 Å². The van der Waals surface area contributed by atoms with E-state index in [1.165, 1.54) is 6.33 Å². The van der Waals surface area contributed by atoms with Crippen LogP contribution in [0.2, 0.25) is 0 Å². The zero-order valence-electron chi connectivity index (χ0n) is 12.7. The lowest BCUT2D eigenvalue weighted by atomic mass is 10.2. The van der Waals surface area contributed by atoms with Crippen molar-refractivity contribution in [3.05, 3.63) is 41.2 Å². The number of aromatic amines is 1. The maximum absolute atomic E-state index is 13.0. The number of benzene rings is 1. The molecule has 0 saturated carbocycles. The molecule has 3 aromatic heterocycles. The largest absolute Gasteiger partial charge is 0.382 e. The number of hydrogen-bond acceptors (Lipinski definition) is 5. The van der Waals surface area contributed by atoms with Gasteiger partial charge in [-0.05, 0) is 26.0 Å². The van der Waals surface area contributed by atoms with Gasteiger partial charge in [-0.15, -0.1) is 0 Å². The second-order valence-corrected chi connectivity index (χ2v) is 5.62. The van der Waals surface area contributed by atoms with Crippen LogP contribution in [0.5, 0.6) is 0 Å². The summed E-state index contributed by atoms with van der Waals surface area (Å²) < 4.78 is 3.18. The highest BCUT2D eigenvalue weighted by molar-refractivity contribution is 5.91. The number of rotatable bonds is 2. The van der Waals surface area contributed by atoms with Gasteiger partial charge in [-0.2, -0.15) is 5.10 Å². The molecular weight excluding hydrogens is 294 g/mol. The van der Waals surface area contributed by atoms with Crippen LogP contribution in [-0.4, -0.2) is 29.3 Å². The second-order valence-electron chi connectivity index (χ2n) is 5.62. The Bertz CT molecular complexity index is 1090. The summed E-state index contributed by atoms with van der Waals surface area (Å²) in [5.74, 6) is 0.270. The number of nitrogen functional groups attached to an aromatic ring is 1. The molecule has 0 unspecified atom stereocenters. The van der Waals surface area contributed by atoms with Gasteiger partial charge in [0.05, 0.1) is 17.4 Å². The number of imidazole rings is 1. The van der Waals surface area contributed by atoms with Crippen LogP contribution in [0, 0.1) is 0 Å². The Morgan fingerprint density at radius 2 is 2.09 bits per heavy atom. The molecule has 0 bridgehead atoms. The summed E-state index contributed by atoms with van der Waals surface area (Å²) in [6.45, 7) is 3.86. The van der Waals surface area contributed by atoms with Crippen LogP contribution in [0.15, 0.2) is 35.5 Å². The van der Waals surface area contributed by atoms with Crippen LogP contribution < -0.4 is 11.4 Å². The van der Waals surface area contributed by atoms with Crippen molar-refractivity contribution in [3.63, 3.8) is 0 Å². The first-order valence-corrected chi connectivity index (χ1v) is 7.25. The van der Waals surface area contributed by atoms with E-state index in [0.29, 0.717) is 16.9 Å². The molecule has 0 radical (unpaired) electrons. The molecule has 0 spiro atoms. The van der Waals surface area contributed by atoms with Crippen LogP contribution in [0.4, 0.5) is 5.82 Å². The van der Waals surface area contributed by atoms with Gasteiger partial charge in [0.2, 0.25) is 0 Å². The number of H-pyrrole nitrogens is 1. The summed E-state index contributed by atoms with van der Waals surface area (Å²) in [6.07, 6.45) is 3.06. The molecule has 116 valence electrons. The minimum absolute atomic E-state index is 0.0518. The van der Waals surface area contributed by atoms with Gasteiger partial charge in [-0.1, -0.05) is 6.07 Å². The van der Waals surface area contributed by atoms with E-state index in [2.05, 4.69) is 20.2 Å². The highest BCUT2D eigenvalue weighted by atomic mass is 16.1. The fraction of sp³-hybridized carbons (Fsp3) is 0.200. The number of nitrogens with one attached hydrogen (secondary N) is 1. The van der Waals surface area contributed by atoms with Crippen molar-refractivity contribution in [2.24, 2.45) is 0 Å². The molecule has 0 fully saturated rings. The summed E-state index contributed by atoms with van der Waals surface area (Å²) in [6, 6.07) is 5.57. The smallest absolute Gasteiger partial charge is 0.335 e. The minimum atomic E-state index is -0.198. The van der Waals surface area contributed by atoms with Gasteiger partial charge in [0.1, 0.15) is 11.8 Å². The monoisotopic (exact) mass is 309 g/mol. The molecular formula is C15H15N7O. The van der Waals surface area contributed by atoms with E-state index < -0.39 is 0 Å². The predicted octanol–water partition coefficient (Wildman–Crippen LogP) is 1.62. The molecule has 4 aromatic rings. The van der Waals surface area contributed by atoms with Crippen LogP contribution >= 0.6 is 0 Å². The lowest BCUT2D eigenvalue weighted by Crippen LogP contribution is -2.24. The molecule has 0 amide bonds. The zero-order chi connectivity index (χ0) is 16.1. The Morgan fingerprint density at radius 1 is 1.26 bits per heavy atom. The topological polar surface area (TPSA) is 107 Å². The Morgan fingerprint density at radius 3 is 2.87 bits per heavy atom. The van der Waals surface area contributed by atoms with E-state index in [4.69, 9.17) is 5.73 Å². The van der Waals surface area contributed by atoms with E-state index in [0.717, 1.165) is 10.9 Å². The maximum atomic E-state index is 13.0. The molecule has 8 heteroatoms. The van der Waals surface area contributed by atoms with Gasteiger partial charge in [0.15, 0.2) is 11.5 Å². The van der Waals surface area contributed by atoms with Gasteiger partial charge in [-0.3, -0.25) is 14.2 Å². The molecule has 0 aliphatic heterocycles. The van der Waals surface area contributed by atoms with Gasteiger partial charge < -0.3 is 5.73 Å². The van der Waals surface area contributed by atoms with Crippen molar-refractivity contribution in [1.29, 1.82) is 0 Å². The molecule has 3 heterocycles. The average molecular weight is 309 g/mol. The molecule has 0 atom stereocenters. The lowest BCUT2D eigenvalue weighted by Gasteiger charge is -2.06. The standard InChI is InChI=1S/C15H15N7O/c1-8(2)21-14-12(13(16)17-7-18-14)22(15(21)23)11-5-3-4-10-9(11)6-19-20-10/h3-8H,1-2H3,(H,19,20)(H2,16,17,18). The van der Waals surface area contributed by atoms with Crippen LogP contribution in [0.1, 0.15) is 19.9 Å². The fourth-order valence-electron chi connectivity index (χ4n) is 2.90. The third-order valence-electron chi connectivity index (χ3n) is 3.90.